The van der Waals surface area contributed by atoms with Crippen molar-refractivity contribution in [3.63, 3.8) is 0 Å². The SMILES string of the molecule is CC(=O)O[C@@]12CO[C@@H]1C=C[C@]1(C)C2C(OC(=O)c2ccccc2)[C@]2(O)C[C@H](OC(=O)[C@H](O)[C@@H](NC(=O)OC(C)(C)C)c3ncccc3F)C(C)=C([C@H]3O[C@@H](C(O)CO)O[C@H]31)C2(C)C. The number of hydrogen-bond acceptors (Lipinski definition) is 16. The molecule has 5 aliphatic rings. The first-order valence-electron chi connectivity index (χ1n) is 20.8. The lowest BCUT2D eigenvalue weighted by atomic mass is 9.46. The van der Waals surface area contributed by atoms with Crippen molar-refractivity contribution in [3.05, 3.63) is 89.0 Å². The summed E-state index contributed by atoms with van der Waals surface area (Å²) >= 11 is 0. The van der Waals surface area contributed by atoms with Crippen LogP contribution < -0.4 is 5.32 Å². The molecular weight excluding hydrogens is 827 g/mol. The van der Waals surface area contributed by atoms with Gasteiger partial charge >= 0.3 is 24.0 Å². The van der Waals surface area contributed by atoms with Crippen molar-refractivity contribution in [2.45, 2.75) is 134 Å². The zero-order chi connectivity index (χ0) is 46.0. The maximum Gasteiger partial charge on any atom is 0.408 e. The van der Waals surface area contributed by atoms with Crippen LogP contribution in [0.2, 0.25) is 0 Å². The molecular formula is C45H55FN2O15. The van der Waals surface area contributed by atoms with Crippen molar-refractivity contribution in [3.8, 4) is 0 Å². The third-order valence-electron chi connectivity index (χ3n) is 13.1. The second-order valence-corrected chi connectivity index (χ2v) is 18.6. The van der Waals surface area contributed by atoms with E-state index in [2.05, 4.69) is 10.3 Å². The second-order valence-electron chi connectivity index (χ2n) is 18.6. The fraction of sp³-hybridized carbons (Fsp3) is 0.578. The Labute approximate surface area is 363 Å². The lowest BCUT2D eigenvalue weighted by Crippen LogP contribution is -2.78. The molecule has 2 bridgehead atoms. The average molecular weight is 883 g/mol. The molecule has 5 N–H and O–H groups in total. The zero-order valence-electron chi connectivity index (χ0n) is 36.3. The summed E-state index contributed by atoms with van der Waals surface area (Å²) in [6.07, 6.45) is -8.53. The Morgan fingerprint density at radius 1 is 1.03 bits per heavy atom. The lowest BCUT2D eigenvalue weighted by molar-refractivity contribution is -0.317. The van der Waals surface area contributed by atoms with Gasteiger partial charge in [0.2, 0.25) is 0 Å². The standard InChI is InChI=1S/C45H55FN2O15/c1-22-27(58-38(54)32(52)31(30-25(46)15-12-18-47-30)48-40(55)63-41(3,4)5)19-45(56)36(60-37(53)24-13-10-9-11-14-24)34-43(8,17-16-28-44(34,21-57-28)62-23(2)50)35-33(29(22)42(45,6)7)59-39(61-35)26(51)20-49/h9-18,26-28,31-36,39,49,51-52,56H,19-21H2,1-8H3,(H,48,55)/t26?,27-,28+,31-,32+,33+,34?,35+,36?,39+,43+,44-,45+/m0/s1. The van der Waals surface area contributed by atoms with Gasteiger partial charge in [-0.1, -0.05) is 51.1 Å². The van der Waals surface area contributed by atoms with Crippen LogP contribution in [0.4, 0.5) is 9.18 Å². The van der Waals surface area contributed by atoms with Crippen LogP contribution in [0.1, 0.15) is 83.9 Å². The Kier molecular flexibility index (Phi) is 12.2. The van der Waals surface area contributed by atoms with Crippen LogP contribution in [0.25, 0.3) is 0 Å². The van der Waals surface area contributed by atoms with Gasteiger partial charge < -0.3 is 58.9 Å². The second kappa shape index (κ2) is 16.6. The maximum atomic E-state index is 15.3. The van der Waals surface area contributed by atoms with Gasteiger partial charge in [0.1, 0.15) is 65.4 Å². The summed E-state index contributed by atoms with van der Waals surface area (Å²) in [7, 11) is 0. The first-order chi connectivity index (χ1) is 29.5. The molecule has 1 aromatic carbocycles. The van der Waals surface area contributed by atoms with E-state index in [1.807, 2.05) is 0 Å². The average Bonchev–Trinajstić information content (AvgIpc) is 3.65. The van der Waals surface area contributed by atoms with Gasteiger partial charge in [-0.3, -0.25) is 9.78 Å². The molecule has 3 aliphatic carbocycles. The number of aromatic nitrogens is 1. The third-order valence-corrected chi connectivity index (χ3v) is 13.1. The van der Waals surface area contributed by atoms with Gasteiger partial charge in [-0.25, -0.2) is 18.8 Å². The quantitative estimate of drug-likeness (QED) is 0.131. The molecule has 18 heteroatoms. The zero-order valence-corrected chi connectivity index (χ0v) is 36.3. The van der Waals surface area contributed by atoms with Crippen LogP contribution in [0.3, 0.4) is 0 Å². The lowest BCUT2D eigenvalue weighted by Gasteiger charge is -2.66. The summed E-state index contributed by atoms with van der Waals surface area (Å²) in [5.74, 6) is -5.08. The van der Waals surface area contributed by atoms with Crippen molar-refractivity contribution in [2.24, 2.45) is 16.7 Å². The molecule has 2 aliphatic heterocycles. The van der Waals surface area contributed by atoms with E-state index in [9.17, 15) is 39.6 Å². The summed E-state index contributed by atoms with van der Waals surface area (Å²) in [6.45, 7) is 11.7. The van der Waals surface area contributed by atoms with Gasteiger partial charge in [0, 0.05) is 30.4 Å². The van der Waals surface area contributed by atoms with E-state index in [0.29, 0.717) is 11.1 Å². The monoisotopic (exact) mass is 882 g/mol. The van der Waals surface area contributed by atoms with Gasteiger partial charge in [-0.15, -0.1) is 0 Å². The van der Waals surface area contributed by atoms with E-state index < -0.39 is 137 Å². The summed E-state index contributed by atoms with van der Waals surface area (Å²) in [4.78, 5) is 58.7. The number of nitrogens with zero attached hydrogens (tertiary/aromatic N) is 1. The number of hydrogen-bond donors (Lipinski definition) is 5. The van der Waals surface area contributed by atoms with Crippen LogP contribution in [0.5, 0.6) is 0 Å². The van der Waals surface area contributed by atoms with Crippen LogP contribution >= 0.6 is 0 Å². The van der Waals surface area contributed by atoms with Crippen LogP contribution in [0, 0.1) is 22.6 Å². The highest BCUT2D eigenvalue weighted by Crippen LogP contribution is 2.65. The minimum absolute atomic E-state index is 0.126. The van der Waals surface area contributed by atoms with E-state index in [4.69, 9.17) is 33.2 Å². The van der Waals surface area contributed by atoms with Crippen molar-refractivity contribution in [1.82, 2.24) is 10.3 Å². The number of fused-ring (bicyclic) bond motifs is 8. The molecule has 3 heterocycles. The largest absolute Gasteiger partial charge is 0.456 e. The highest BCUT2D eigenvalue weighted by Gasteiger charge is 2.76. The fourth-order valence-corrected chi connectivity index (χ4v) is 10.1. The van der Waals surface area contributed by atoms with Gasteiger partial charge in [0.15, 0.2) is 18.0 Å². The van der Waals surface area contributed by atoms with Crippen molar-refractivity contribution >= 4 is 24.0 Å². The maximum absolute atomic E-state index is 15.3. The summed E-state index contributed by atoms with van der Waals surface area (Å²) in [5, 5.41) is 48.8. The van der Waals surface area contributed by atoms with E-state index in [1.54, 1.807) is 78.8 Å². The predicted octanol–water partition coefficient (Wildman–Crippen LogP) is 3.13. The number of aliphatic hydroxyl groups excluding tert-OH is 3. The summed E-state index contributed by atoms with van der Waals surface area (Å²) in [6, 6.07) is 8.49. The first kappa shape index (κ1) is 46.2. The number of amides is 1. The van der Waals surface area contributed by atoms with Crippen LogP contribution in [0.15, 0.2) is 72.0 Å². The Morgan fingerprint density at radius 3 is 2.33 bits per heavy atom. The molecule has 3 fully saturated rings. The molecule has 0 spiro atoms. The third kappa shape index (κ3) is 7.93. The number of rotatable bonds is 10. The molecule has 1 aromatic heterocycles. The van der Waals surface area contributed by atoms with Crippen molar-refractivity contribution in [1.29, 1.82) is 0 Å². The number of alkyl carbamates (subject to hydrolysis) is 1. The highest BCUT2D eigenvalue weighted by molar-refractivity contribution is 5.89. The van der Waals surface area contributed by atoms with Crippen LogP contribution in [-0.4, -0.2) is 128 Å². The van der Waals surface area contributed by atoms with E-state index in [-0.39, 0.29) is 12.2 Å². The molecule has 1 amide bonds. The number of halogens is 1. The Morgan fingerprint density at radius 2 is 1.73 bits per heavy atom. The molecule has 3 unspecified atom stereocenters. The molecule has 2 aromatic rings. The summed E-state index contributed by atoms with van der Waals surface area (Å²) < 4.78 is 58.4. The Bertz CT molecular complexity index is 2180. The number of pyridine rings is 1. The smallest absolute Gasteiger partial charge is 0.408 e. The van der Waals surface area contributed by atoms with Gasteiger partial charge in [-0.05, 0) is 63.1 Å². The number of carbonyl (C=O) groups excluding carboxylic acids is 4. The molecule has 63 heavy (non-hydrogen) atoms. The molecule has 0 radical (unpaired) electrons. The Balaban J connectivity index is 1.39. The Hall–Kier alpha value is -4.82. The number of benzene rings is 1. The predicted molar refractivity (Wildman–Crippen MR) is 215 cm³/mol. The molecule has 1 saturated carbocycles. The van der Waals surface area contributed by atoms with Crippen molar-refractivity contribution in [2.75, 3.05) is 13.2 Å². The molecule has 13 atom stereocenters. The van der Waals surface area contributed by atoms with Gasteiger partial charge in [-0.2, -0.15) is 0 Å². The number of nitrogens with one attached hydrogen (secondary N) is 1. The normalized spacial score (nSPS) is 34.3. The minimum Gasteiger partial charge on any atom is -0.456 e. The van der Waals surface area contributed by atoms with Crippen LogP contribution in [-0.2, 0) is 42.7 Å². The van der Waals surface area contributed by atoms with Crippen molar-refractivity contribution < 1.29 is 77.2 Å². The topological polar surface area (TPSA) is 239 Å². The molecule has 342 valence electrons. The van der Waals surface area contributed by atoms with E-state index in [0.717, 1.165) is 6.07 Å². The van der Waals surface area contributed by atoms with E-state index in [1.165, 1.54) is 31.3 Å². The molecule has 17 nitrogen and oxygen atoms in total. The summed E-state index contributed by atoms with van der Waals surface area (Å²) in [5.41, 5.74) is -7.50. The van der Waals surface area contributed by atoms with E-state index >= 15 is 4.39 Å². The fourth-order valence-electron chi connectivity index (χ4n) is 10.1. The number of aliphatic hydroxyl groups is 4. The highest BCUT2D eigenvalue weighted by atomic mass is 19.1. The van der Waals surface area contributed by atoms with Gasteiger partial charge in [0.25, 0.3) is 0 Å². The first-order valence-corrected chi connectivity index (χ1v) is 20.8. The molecule has 7 rings (SSSR count). The molecule has 2 saturated heterocycles. The number of ether oxygens (including phenoxy) is 7. The van der Waals surface area contributed by atoms with Gasteiger partial charge in [0.05, 0.1) is 24.7 Å². The minimum atomic E-state index is -2.31. The number of carbonyl (C=O) groups is 4. The number of esters is 3.